The fourth-order valence-corrected chi connectivity index (χ4v) is 2.76. The van der Waals surface area contributed by atoms with E-state index < -0.39 is 0 Å². The summed E-state index contributed by atoms with van der Waals surface area (Å²) in [6, 6.07) is 0. The van der Waals surface area contributed by atoms with Gasteiger partial charge in [-0.1, -0.05) is 77.4 Å². The van der Waals surface area contributed by atoms with Crippen molar-refractivity contribution in [2.24, 2.45) is 0 Å². The van der Waals surface area contributed by atoms with Crippen LogP contribution in [0.15, 0.2) is 12.2 Å². The molecule has 0 bridgehead atoms. The SMILES string of the molecule is CCCCCCC(O)C/C=C\CCCCCCCC(=O)OCCCC.O. The van der Waals surface area contributed by atoms with Gasteiger partial charge in [-0.15, -0.1) is 0 Å². The number of carbonyl (C=O) groups is 1. The molecule has 0 radical (unpaired) electrons. The van der Waals surface area contributed by atoms with Gasteiger partial charge in [0.1, 0.15) is 0 Å². The van der Waals surface area contributed by atoms with Crippen molar-refractivity contribution in [3.05, 3.63) is 12.2 Å². The highest BCUT2D eigenvalue weighted by molar-refractivity contribution is 5.69. The molecule has 0 fully saturated rings. The molecule has 4 heteroatoms. The number of aliphatic hydroxyl groups excluding tert-OH is 1. The highest BCUT2D eigenvalue weighted by Crippen LogP contribution is 2.10. The number of ether oxygens (including phenoxy) is 1. The summed E-state index contributed by atoms with van der Waals surface area (Å²) < 4.78 is 5.14. The molecule has 0 aliphatic heterocycles. The van der Waals surface area contributed by atoms with Crippen molar-refractivity contribution in [2.45, 2.75) is 116 Å². The molecule has 0 saturated carbocycles. The summed E-state index contributed by atoms with van der Waals surface area (Å²) >= 11 is 0. The second-order valence-electron chi connectivity index (χ2n) is 7.09. The van der Waals surface area contributed by atoms with Gasteiger partial charge in [-0.05, 0) is 38.5 Å². The monoisotopic (exact) mass is 372 g/mol. The highest BCUT2D eigenvalue weighted by atomic mass is 16.5. The minimum atomic E-state index is -0.162. The van der Waals surface area contributed by atoms with Crippen LogP contribution in [0.3, 0.4) is 0 Å². The molecule has 0 aromatic carbocycles. The first-order chi connectivity index (χ1) is 12.2. The molecule has 0 spiro atoms. The lowest BCUT2D eigenvalue weighted by molar-refractivity contribution is -0.143. The van der Waals surface area contributed by atoms with Crippen LogP contribution in [0.25, 0.3) is 0 Å². The summed E-state index contributed by atoms with van der Waals surface area (Å²) in [6.07, 6.45) is 20.2. The summed E-state index contributed by atoms with van der Waals surface area (Å²) in [6.45, 7) is 4.89. The summed E-state index contributed by atoms with van der Waals surface area (Å²) in [4.78, 5) is 11.4. The quantitative estimate of drug-likeness (QED) is 0.196. The van der Waals surface area contributed by atoms with E-state index in [1.165, 1.54) is 38.5 Å². The Balaban J connectivity index is 0. The van der Waals surface area contributed by atoms with E-state index in [0.717, 1.165) is 51.4 Å². The lowest BCUT2D eigenvalue weighted by Crippen LogP contribution is -2.05. The van der Waals surface area contributed by atoms with Crippen molar-refractivity contribution in [1.29, 1.82) is 0 Å². The number of unbranched alkanes of at least 4 members (excludes halogenated alkanes) is 9. The van der Waals surface area contributed by atoms with Crippen LogP contribution in [0.2, 0.25) is 0 Å². The van der Waals surface area contributed by atoms with E-state index in [1.807, 2.05) is 0 Å². The summed E-state index contributed by atoms with van der Waals surface area (Å²) in [5.41, 5.74) is 0. The molecule has 1 atom stereocenters. The first-order valence-electron chi connectivity index (χ1n) is 10.7. The van der Waals surface area contributed by atoms with Gasteiger partial charge in [-0.25, -0.2) is 0 Å². The Morgan fingerprint density at radius 2 is 1.54 bits per heavy atom. The van der Waals surface area contributed by atoms with Gasteiger partial charge in [0.05, 0.1) is 12.7 Å². The molecule has 0 saturated heterocycles. The fourth-order valence-electron chi connectivity index (χ4n) is 2.76. The topological polar surface area (TPSA) is 78.0 Å². The third-order valence-corrected chi connectivity index (χ3v) is 4.48. The van der Waals surface area contributed by atoms with Crippen molar-refractivity contribution in [3.63, 3.8) is 0 Å². The van der Waals surface area contributed by atoms with Gasteiger partial charge in [0.15, 0.2) is 0 Å². The summed E-state index contributed by atoms with van der Waals surface area (Å²) in [5, 5.41) is 9.87. The maximum Gasteiger partial charge on any atom is 0.305 e. The van der Waals surface area contributed by atoms with Gasteiger partial charge in [0.25, 0.3) is 0 Å². The molecule has 0 aromatic rings. The van der Waals surface area contributed by atoms with Gasteiger partial charge in [-0.2, -0.15) is 0 Å². The van der Waals surface area contributed by atoms with E-state index in [-0.39, 0.29) is 17.5 Å². The van der Waals surface area contributed by atoms with Crippen LogP contribution < -0.4 is 0 Å². The standard InChI is InChI=1S/C22H42O3.H2O/c1-3-5-7-14-17-21(23)18-15-12-10-8-9-11-13-16-19-22(24)25-20-6-4-2;/h12,15,21,23H,3-11,13-14,16-20H2,1-2H3;1H2/b15-12-;. The Kier molecular flexibility index (Phi) is 23.3. The Bertz CT molecular complexity index is 315. The lowest BCUT2D eigenvalue weighted by Gasteiger charge is -2.07. The Labute approximate surface area is 161 Å². The van der Waals surface area contributed by atoms with E-state index in [0.29, 0.717) is 13.0 Å². The maximum atomic E-state index is 11.4. The first kappa shape index (κ1) is 27.3. The van der Waals surface area contributed by atoms with Crippen molar-refractivity contribution < 1.29 is 20.1 Å². The molecule has 0 rings (SSSR count). The van der Waals surface area contributed by atoms with Gasteiger partial charge in [0, 0.05) is 6.42 Å². The van der Waals surface area contributed by atoms with Crippen LogP contribution in [0.4, 0.5) is 0 Å². The molecule has 0 aliphatic rings. The van der Waals surface area contributed by atoms with Gasteiger partial charge < -0.3 is 15.3 Å². The number of esters is 1. The number of allylic oxidation sites excluding steroid dienone is 1. The number of aliphatic hydroxyl groups is 1. The van der Waals surface area contributed by atoms with Gasteiger partial charge in [-0.3, -0.25) is 4.79 Å². The number of rotatable bonds is 18. The number of carbonyl (C=O) groups excluding carboxylic acids is 1. The molecule has 26 heavy (non-hydrogen) atoms. The molecule has 0 heterocycles. The number of hydrogen-bond acceptors (Lipinski definition) is 3. The van der Waals surface area contributed by atoms with Crippen molar-refractivity contribution >= 4 is 5.97 Å². The van der Waals surface area contributed by atoms with Crippen LogP contribution in [-0.2, 0) is 9.53 Å². The molecule has 156 valence electrons. The molecule has 0 aromatic heterocycles. The van der Waals surface area contributed by atoms with Crippen LogP contribution in [0.1, 0.15) is 110 Å². The second-order valence-corrected chi connectivity index (χ2v) is 7.09. The van der Waals surface area contributed by atoms with Gasteiger partial charge >= 0.3 is 5.97 Å². The fraction of sp³-hybridized carbons (Fsp3) is 0.864. The van der Waals surface area contributed by atoms with Gasteiger partial charge in [0.2, 0.25) is 0 Å². The van der Waals surface area contributed by atoms with E-state index >= 15 is 0 Å². The first-order valence-corrected chi connectivity index (χ1v) is 10.7. The predicted octanol–water partition coefficient (Wildman–Crippen LogP) is 5.51. The zero-order valence-electron chi connectivity index (χ0n) is 17.3. The Morgan fingerprint density at radius 1 is 0.885 bits per heavy atom. The van der Waals surface area contributed by atoms with E-state index in [2.05, 4.69) is 26.0 Å². The van der Waals surface area contributed by atoms with Crippen molar-refractivity contribution in [2.75, 3.05) is 6.61 Å². The zero-order chi connectivity index (χ0) is 18.6. The third-order valence-electron chi connectivity index (χ3n) is 4.48. The Hall–Kier alpha value is -0.870. The molecule has 1 unspecified atom stereocenters. The van der Waals surface area contributed by atoms with Crippen LogP contribution >= 0.6 is 0 Å². The number of hydrogen-bond donors (Lipinski definition) is 1. The molecule has 0 amide bonds. The molecule has 4 nitrogen and oxygen atoms in total. The average molecular weight is 373 g/mol. The molecular formula is C22H44O4. The molecule has 0 aliphatic carbocycles. The van der Waals surface area contributed by atoms with Crippen molar-refractivity contribution in [3.8, 4) is 0 Å². The van der Waals surface area contributed by atoms with Crippen LogP contribution in [0.5, 0.6) is 0 Å². The van der Waals surface area contributed by atoms with E-state index in [1.54, 1.807) is 0 Å². The molecular weight excluding hydrogens is 328 g/mol. The highest BCUT2D eigenvalue weighted by Gasteiger charge is 2.02. The largest absolute Gasteiger partial charge is 0.466 e. The second kappa shape index (κ2) is 22.2. The lowest BCUT2D eigenvalue weighted by atomic mass is 10.1. The van der Waals surface area contributed by atoms with E-state index in [4.69, 9.17) is 4.74 Å². The van der Waals surface area contributed by atoms with Crippen LogP contribution in [-0.4, -0.2) is 29.3 Å². The zero-order valence-corrected chi connectivity index (χ0v) is 17.3. The summed E-state index contributed by atoms with van der Waals surface area (Å²) in [7, 11) is 0. The normalized spacial score (nSPS) is 12.1. The smallest absolute Gasteiger partial charge is 0.305 e. The Morgan fingerprint density at radius 3 is 2.27 bits per heavy atom. The minimum Gasteiger partial charge on any atom is -0.466 e. The minimum absolute atomic E-state index is 0. The van der Waals surface area contributed by atoms with Crippen LogP contribution in [0, 0.1) is 0 Å². The average Bonchev–Trinajstić information content (AvgIpc) is 2.60. The summed E-state index contributed by atoms with van der Waals surface area (Å²) in [5.74, 6) is -0.0374. The van der Waals surface area contributed by atoms with Crippen molar-refractivity contribution in [1.82, 2.24) is 0 Å². The maximum absolute atomic E-state index is 11.4. The predicted molar refractivity (Wildman–Crippen MR) is 110 cm³/mol. The third kappa shape index (κ3) is 21.2. The van der Waals surface area contributed by atoms with E-state index in [9.17, 15) is 9.90 Å². The molecule has 3 N–H and O–H groups in total.